The van der Waals surface area contributed by atoms with E-state index in [9.17, 15) is 0 Å². The van der Waals surface area contributed by atoms with E-state index in [0.29, 0.717) is 5.82 Å². The topological polar surface area (TPSA) is 25.8 Å². The van der Waals surface area contributed by atoms with Crippen LogP contribution in [0.3, 0.4) is 0 Å². The molecule has 0 bridgehead atoms. The minimum Gasteiger partial charge on any atom is -0.228 e. The van der Waals surface area contributed by atoms with Crippen molar-refractivity contribution < 1.29 is 0 Å². The van der Waals surface area contributed by atoms with Crippen LogP contribution in [0.1, 0.15) is 25.0 Å². The number of hydrogen-bond donors (Lipinski definition) is 0. The van der Waals surface area contributed by atoms with Gasteiger partial charge in [0.25, 0.3) is 0 Å². The molecule has 2 nitrogen and oxygen atoms in total. The second-order valence-electron chi connectivity index (χ2n) is 15.0. The molecule has 55 heavy (non-hydrogen) atoms. The van der Waals surface area contributed by atoms with Crippen LogP contribution in [0.15, 0.2) is 194 Å². The lowest BCUT2D eigenvalue weighted by Gasteiger charge is -2.22. The quantitative estimate of drug-likeness (QED) is 0.172. The highest BCUT2D eigenvalue weighted by Crippen LogP contribution is 2.50. The minimum absolute atomic E-state index is 0.0738. The molecule has 8 aromatic carbocycles. The van der Waals surface area contributed by atoms with E-state index >= 15 is 0 Å². The van der Waals surface area contributed by atoms with E-state index in [-0.39, 0.29) is 5.41 Å². The molecule has 0 N–H and O–H groups in total. The average molecular weight is 703 g/mol. The molecule has 1 heterocycles. The Bertz CT molecular complexity index is 2820. The Labute approximate surface area is 322 Å². The molecule has 0 atom stereocenters. The number of hydrogen-bond acceptors (Lipinski definition) is 2. The Kier molecular flexibility index (Phi) is 7.85. The molecule has 0 radical (unpaired) electrons. The Morgan fingerprint density at radius 2 is 0.818 bits per heavy atom. The molecule has 1 aromatic heterocycles. The Balaban J connectivity index is 1.15. The van der Waals surface area contributed by atoms with E-state index in [0.717, 1.165) is 33.5 Å². The van der Waals surface area contributed by atoms with Crippen molar-refractivity contribution in [1.29, 1.82) is 0 Å². The van der Waals surface area contributed by atoms with Gasteiger partial charge < -0.3 is 0 Å². The van der Waals surface area contributed by atoms with Gasteiger partial charge in [-0.05, 0) is 96.7 Å². The summed E-state index contributed by atoms with van der Waals surface area (Å²) in [5.74, 6) is 0.714. The van der Waals surface area contributed by atoms with Gasteiger partial charge in [-0.3, -0.25) is 0 Å². The zero-order chi connectivity index (χ0) is 36.9. The number of nitrogens with zero attached hydrogens (tertiary/aromatic N) is 2. The molecule has 0 saturated heterocycles. The van der Waals surface area contributed by atoms with E-state index in [1.807, 2.05) is 24.3 Å². The monoisotopic (exact) mass is 702 g/mol. The van der Waals surface area contributed by atoms with E-state index < -0.39 is 0 Å². The molecule has 0 amide bonds. The van der Waals surface area contributed by atoms with Crippen LogP contribution in [0.5, 0.6) is 0 Å². The summed E-state index contributed by atoms with van der Waals surface area (Å²) in [5, 5.41) is 2.34. The number of fused-ring (bicyclic) bond motifs is 4. The summed E-state index contributed by atoms with van der Waals surface area (Å²) in [6.45, 7) is 4.70. The summed E-state index contributed by atoms with van der Waals surface area (Å²) in [4.78, 5) is 10.3. The minimum atomic E-state index is -0.0738. The van der Waals surface area contributed by atoms with Gasteiger partial charge >= 0.3 is 0 Å². The maximum atomic E-state index is 5.20. The third-order valence-corrected chi connectivity index (χ3v) is 11.3. The maximum Gasteiger partial charge on any atom is 0.160 e. The fourth-order valence-corrected chi connectivity index (χ4v) is 8.46. The highest BCUT2D eigenvalue weighted by Gasteiger charge is 2.35. The van der Waals surface area contributed by atoms with E-state index in [1.165, 1.54) is 61.0 Å². The van der Waals surface area contributed by atoms with Crippen LogP contribution in [0, 0.1) is 0 Å². The molecule has 0 spiro atoms. The molecule has 9 aromatic rings. The van der Waals surface area contributed by atoms with E-state index in [1.54, 1.807) is 0 Å². The van der Waals surface area contributed by atoms with Gasteiger partial charge in [-0.1, -0.05) is 178 Å². The molecule has 10 rings (SSSR count). The number of aromatic nitrogens is 2. The lowest BCUT2D eigenvalue weighted by atomic mass is 9.81. The van der Waals surface area contributed by atoms with Gasteiger partial charge in [-0.25, -0.2) is 9.97 Å². The van der Waals surface area contributed by atoms with Gasteiger partial charge in [0.1, 0.15) is 0 Å². The number of rotatable bonds is 6. The fourth-order valence-electron chi connectivity index (χ4n) is 8.46. The third-order valence-electron chi connectivity index (χ3n) is 11.3. The van der Waals surface area contributed by atoms with Crippen molar-refractivity contribution in [1.82, 2.24) is 9.97 Å². The standard InChI is InChI=1S/C53H38N2/c1-53(2)48-25-15-14-24-45(48)46-27-26-38(33-49(46)53)40-30-39(35-16-6-3-7-17-35)31-41(32-40)42-28-29-47(44-23-13-12-22-43(42)44)51-34-50(36-18-8-4-9-19-36)54-52(55-51)37-20-10-5-11-21-37/h3-34H,1-2H3. The van der Waals surface area contributed by atoms with Crippen molar-refractivity contribution in [2.75, 3.05) is 0 Å². The van der Waals surface area contributed by atoms with Gasteiger partial charge in [0.15, 0.2) is 5.82 Å². The Morgan fingerprint density at radius 1 is 0.309 bits per heavy atom. The first-order valence-corrected chi connectivity index (χ1v) is 19.0. The number of benzene rings is 8. The van der Waals surface area contributed by atoms with Crippen LogP contribution in [-0.4, -0.2) is 9.97 Å². The van der Waals surface area contributed by atoms with Crippen molar-refractivity contribution >= 4 is 10.8 Å². The summed E-state index contributed by atoms with van der Waals surface area (Å²) in [5.41, 5.74) is 17.5. The highest BCUT2D eigenvalue weighted by atomic mass is 14.9. The van der Waals surface area contributed by atoms with Crippen molar-refractivity contribution in [2.24, 2.45) is 0 Å². The summed E-state index contributed by atoms with van der Waals surface area (Å²) in [6, 6.07) is 69.7. The normalized spacial score (nSPS) is 12.7. The first kappa shape index (κ1) is 32.7. The van der Waals surface area contributed by atoms with Crippen LogP contribution in [0.2, 0.25) is 0 Å². The molecule has 2 heteroatoms. The van der Waals surface area contributed by atoms with E-state index in [4.69, 9.17) is 9.97 Å². The average Bonchev–Trinajstić information content (AvgIpc) is 3.49. The van der Waals surface area contributed by atoms with Crippen molar-refractivity contribution in [3.8, 4) is 78.4 Å². The molecule has 0 aliphatic heterocycles. The second kappa shape index (κ2) is 13.2. The molecule has 0 fully saturated rings. The van der Waals surface area contributed by atoms with Crippen molar-refractivity contribution in [3.63, 3.8) is 0 Å². The second-order valence-corrected chi connectivity index (χ2v) is 15.0. The van der Waals surface area contributed by atoms with Gasteiger partial charge in [-0.15, -0.1) is 0 Å². The van der Waals surface area contributed by atoms with Gasteiger partial charge in [0.2, 0.25) is 0 Å². The molecule has 1 aliphatic carbocycles. The van der Waals surface area contributed by atoms with Gasteiger partial charge in [0, 0.05) is 22.1 Å². The highest BCUT2D eigenvalue weighted by molar-refractivity contribution is 6.05. The molecular formula is C53H38N2. The predicted octanol–water partition coefficient (Wildman–Crippen LogP) is 13.9. The lowest BCUT2D eigenvalue weighted by Crippen LogP contribution is -2.14. The first-order chi connectivity index (χ1) is 27.0. The Morgan fingerprint density at radius 3 is 1.55 bits per heavy atom. The Hall–Kier alpha value is -6.90. The summed E-state index contributed by atoms with van der Waals surface area (Å²) in [6.07, 6.45) is 0. The van der Waals surface area contributed by atoms with Crippen LogP contribution >= 0.6 is 0 Å². The molecule has 0 saturated carbocycles. The smallest absolute Gasteiger partial charge is 0.160 e. The van der Waals surface area contributed by atoms with Crippen molar-refractivity contribution in [3.05, 3.63) is 205 Å². The van der Waals surface area contributed by atoms with Crippen LogP contribution < -0.4 is 0 Å². The SMILES string of the molecule is CC1(C)c2ccccc2-c2ccc(-c3cc(-c4ccccc4)cc(-c4ccc(-c5cc(-c6ccccc6)nc(-c6ccccc6)n5)c5ccccc45)c3)cc21. The van der Waals surface area contributed by atoms with E-state index in [2.05, 4.69) is 184 Å². The van der Waals surface area contributed by atoms with Gasteiger partial charge in [0.05, 0.1) is 11.4 Å². The molecular weight excluding hydrogens is 665 g/mol. The predicted molar refractivity (Wildman–Crippen MR) is 230 cm³/mol. The third kappa shape index (κ3) is 5.75. The maximum absolute atomic E-state index is 5.20. The van der Waals surface area contributed by atoms with Crippen LogP contribution in [0.4, 0.5) is 0 Å². The lowest BCUT2D eigenvalue weighted by molar-refractivity contribution is 0.660. The molecule has 0 unspecified atom stereocenters. The zero-order valence-electron chi connectivity index (χ0n) is 30.9. The summed E-state index contributed by atoms with van der Waals surface area (Å²) in [7, 11) is 0. The summed E-state index contributed by atoms with van der Waals surface area (Å²) < 4.78 is 0. The first-order valence-electron chi connectivity index (χ1n) is 19.0. The fraction of sp³-hybridized carbons (Fsp3) is 0.0566. The van der Waals surface area contributed by atoms with Crippen molar-refractivity contribution in [2.45, 2.75) is 19.3 Å². The molecule has 260 valence electrons. The van der Waals surface area contributed by atoms with Crippen LogP contribution in [0.25, 0.3) is 89.2 Å². The largest absolute Gasteiger partial charge is 0.228 e. The zero-order valence-corrected chi connectivity index (χ0v) is 30.9. The van der Waals surface area contributed by atoms with Crippen LogP contribution in [-0.2, 0) is 5.41 Å². The summed E-state index contributed by atoms with van der Waals surface area (Å²) >= 11 is 0. The van der Waals surface area contributed by atoms with Gasteiger partial charge in [-0.2, -0.15) is 0 Å². The molecule has 1 aliphatic rings.